The Bertz CT molecular complexity index is 1500. The molecule has 4 heterocycles. The number of halogens is 3. The molecule has 2 aliphatic rings. The number of fused-ring (bicyclic) bond motifs is 2. The second-order valence-corrected chi connectivity index (χ2v) is 10.2. The molecule has 0 radical (unpaired) electrons. The van der Waals surface area contributed by atoms with Crippen LogP contribution in [0.4, 0.5) is 24.5 Å². The lowest BCUT2D eigenvalue weighted by Crippen LogP contribution is -2.55. The van der Waals surface area contributed by atoms with Gasteiger partial charge in [-0.15, -0.1) is 0 Å². The first-order chi connectivity index (χ1) is 18.8. The number of nitrogens with zero attached hydrogens (tertiary/aromatic N) is 6. The van der Waals surface area contributed by atoms with Crippen LogP contribution in [-0.2, 0) is 30.5 Å². The van der Waals surface area contributed by atoms with E-state index in [1.807, 2.05) is 54.3 Å². The van der Waals surface area contributed by atoms with Crippen LogP contribution in [0.3, 0.4) is 0 Å². The van der Waals surface area contributed by atoms with Crippen LogP contribution in [0, 0.1) is 0 Å². The van der Waals surface area contributed by atoms with Gasteiger partial charge in [-0.3, -0.25) is 4.79 Å². The maximum absolute atomic E-state index is 13.9. The van der Waals surface area contributed by atoms with Gasteiger partial charge in [-0.25, -0.2) is 9.97 Å². The molecule has 0 unspecified atom stereocenters. The Morgan fingerprint density at radius 1 is 0.949 bits per heavy atom. The first-order valence-electron chi connectivity index (χ1n) is 13.1. The Labute approximate surface area is 224 Å². The average molecular weight is 535 g/mol. The van der Waals surface area contributed by atoms with Gasteiger partial charge in [0.15, 0.2) is 5.65 Å². The van der Waals surface area contributed by atoms with Gasteiger partial charge in [0, 0.05) is 56.3 Å². The van der Waals surface area contributed by atoms with Crippen LogP contribution in [-0.4, -0.2) is 57.6 Å². The summed E-state index contributed by atoms with van der Waals surface area (Å²) < 4.78 is 43.6. The number of para-hydroxylation sites is 1. The smallest absolute Gasteiger partial charge is 0.367 e. The molecule has 39 heavy (non-hydrogen) atoms. The van der Waals surface area contributed by atoms with Gasteiger partial charge < -0.3 is 19.3 Å². The minimum Gasteiger partial charge on any atom is -0.367 e. The van der Waals surface area contributed by atoms with Crippen molar-refractivity contribution in [1.29, 1.82) is 0 Å². The minimum absolute atomic E-state index is 0.0307. The molecule has 1 amide bonds. The fraction of sp³-hybridized carbons (Fsp3) is 0.345. The standard InChI is InChI=1S/C29H29F3N6O/c1-20-16-36(14-15-38(20)27(39)18-37-19-34-25-8-5-12-33-28(25)37)26-10-9-24(29(30,31)32)22-11-13-35(17-23(22)26)21-6-3-2-4-7-21/h2-10,12,19-20H,11,13-18H2,1H3/t20-/m1/s1. The van der Waals surface area contributed by atoms with Crippen molar-refractivity contribution in [3.63, 3.8) is 0 Å². The Kier molecular flexibility index (Phi) is 6.40. The van der Waals surface area contributed by atoms with Crippen molar-refractivity contribution in [1.82, 2.24) is 19.4 Å². The molecule has 2 aromatic carbocycles. The van der Waals surface area contributed by atoms with Crippen molar-refractivity contribution in [3.05, 3.63) is 83.8 Å². The molecule has 0 aliphatic carbocycles. The third-order valence-electron chi connectivity index (χ3n) is 7.78. The highest BCUT2D eigenvalue weighted by molar-refractivity contribution is 5.79. The Morgan fingerprint density at radius 3 is 2.54 bits per heavy atom. The van der Waals surface area contributed by atoms with Gasteiger partial charge in [0.25, 0.3) is 0 Å². The van der Waals surface area contributed by atoms with E-state index in [0.29, 0.717) is 50.4 Å². The van der Waals surface area contributed by atoms with Gasteiger partial charge in [0.1, 0.15) is 12.1 Å². The molecule has 2 aromatic heterocycles. The third-order valence-corrected chi connectivity index (χ3v) is 7.78. The van der Waals surface area contributed by atoms with E-state index in [-0.39, 0.29) is 18.5 Å². The summed E-state index contributed by atoms with van der Waals surface area (Å²) in [7, 11) is 0. The number of aromatic nitrogens is 3. The fourth-order valence-electron chi connectivity index (χ4n) is 5.88. The number of imidazole rings is 1. The molecule has 4 aromatic rings. The van der Waals surface area contributed by atoms with E-state index in [0.717, 1.165) is 22.5 Å². The summed E-state index contributed by atoms with van der Waals surface area (Å²) in [5, 5.41) is 0. The second kappa shape index (κ2) is 9.91. The largest absolute Gasteiger partial charge is 0.416 e. The molecule has 7 nitrogen and oxygen atoms in total. The molecular weight excluding hydrogens is 505 g/mol. The maximum Gasteiger partial charge on any atom is 0.416 e. The van der Waals surface area contributed by atoms with Crippen LogP contribution in [0.2, 0.25) is 0 Å². The van der Waals surface area contributed by atoms with Crippen LogP contribution in [0.25, 0.3) is 11.2 Å². The quantitative estimate of drug-likeness (QED) is 0.378. The van der Waals surface area contributed by atoms with Crippen molar-refractivity contribution >= 4 is 28.4 Å². The second-order valence-electron chi connectivity index (χ2n) is 10.2. The molecule has 0 N–H and O–H groups in total. The van der Waals surface area contributed by atoms with Crippen molar-refractivity contribution in [2.75, 3.05) is 36.0 Å². The number of carbonyl (C=O) groups excluding carboxylic acids is 1. The minimum atomic E-state index is -4.40. The number of anilines is 2. The summed E-state index contributed by atoms with van der Waals surface area (Å²) in [6.45, 7) is 4.63. The van der Waals surface area contributed by atoms with E-state index >= 15 is 0 Å². The lowest BCUT2D eigenvalue weighted by Gasteiger charge is -2.43. The zero-order valence-electron chi connectivity index (χ0n) is 21.6. The van der Waals surface area contributed by atoms with Crippen molar-refractivity contribution < 1.29 is 18.0 Å². The van der Waals surface area contributed by atoms with Gasteiger partial charge in [-0.05, 0) is 60.9 Å². The van der Waals surface area contributed by atoms with Gasteiger partial charge in [0.2, 0.25) is 5.91 Å². The highest BCUT2D eigenvalue weighted by Gasteiger charge is 2.38. The molecule has 2 aliphatic heterocycles. The lowest BCUT2D eigenvalue weighted by molar-refractivity contribution is -0.138. The van der Waals surface area contributed by atoms with Crippen molar-refractivity contribution in [3.8, 4) is 0 Å². The Balaban J connectivity index is 1.24. The van der Waals surface area contributed by atoms with Crippen LogP contribution >= 0.6 is 0 Å². The normalized spacial score (nSPS) is 17.9. The first-order valence-corrected chi connectivity index (χ1v) is 13.1. The molecular formula is C29H29F3N6O. The predicted molar refractivity (Wildman–Crippen MR) is 144 cm³/mol. The first kappa shape index (κ1) is 25.2. The molecule has 202 valence electrons. The molecule has 0 bridgehead atoms. The summed E-state index contributed by atoms with van der Waals surface area (Å²) in [6, 6.07) is 16.2. The summed E-state index contributed by atoms with van der Waals surface area (Å²) in [6.07, 6.45) is -0.768. The van der Waals surface area contributed by atoms with Crippen molar-refractivity contribution in [2.24, 2.45) is 0 Å². The van der Waals surface area contributed by atoms with Crippen LogP contribution in [0.5, 0.6) is 0 Å². The van der Waals surface area contributed by atoms with E-state index < -0.39 is 11.7 Å². The average Bonchev–Trinajstić information content (AvgIpc) is 3.34. The number of rotatable bonds is 4. The number of hydrogen-bond acceptors (Lipinski definition) is 5. The zero-order valence-corrected chi connectivity index (χ0v) is 21.6. The number of pyridine rings is 1. The van der Waals surface area contributed by atoms with Crippen LogP contribution in [0.1, 0.15) is 23.6 Å². The number of benzene rings is 2. The SMILES string of the molecule is C[C@@H]1CN(c2ccc(C(F)(F)F)c3c2CN(c2ccccc2)CC3)CCN1C(=O)Cn1cnc2cccnc21. The molecule has 10 heteroatoms. The fourth-order valence-corrected chi connectivity index (χ4v) is 5.88. The van der Waals surface area contributed by atoms with E-state index in [2.05, 4.69) is 19.8 Å². The lowest BCUT2D eigenvalue weighted by atomic mass is 9.91. The van der Waals surface area contributed by atoms with Gasteiger partial charge in [-0.2, -0.15) is 13.2 Å². The highest BCUT2D eigenvalue weighted by atomic mass is 19.4. The third kappa shape index (κ3) is 4.79. The van der Waals surface area contributed by atoms with Gasteiger partial charge >= 0.3 is 6.18 Å². The van der Waals surface area contributed by atoms with Crippen LogP contribution in [0.15, 0.2) is 67.1 Å². The van der Waals surface area contributed by atoms with E-state index in [4.69, 9.17) is 0 Å². The number of amides is 1. The summed E-state index contributed by atoms with van der Waals surface area (Å²) >= 11 is 0. The molecule has 0 saturated carbocycles. The molecule has 1 atom stereocenters. The number of hydrogen-bond donors (Lipinski definition) is 0. The highest BCUT2D eigenvalue weighted by Crippen LogP contribution is 2.40. The van der Waals surface area contributed by atoms with E-state index in [1.54, 1.807) is 23.2 Å². The maximum atomic E-state index is 13.9. The molecule has 0 spiro atoms. The van der Waals surface area contributed by atoms with Crippen molar-refractivity contribution in [2.45, 2.75) is 38.7 Å². The van der Waals surface area contributed by atoms with Gasteiger partial charge in [-0.1, -0.05) is 18.2 Å². The van der Waals surface area contributed by atoms with Crippen LogP contribution < -0.4 is 9.80 Å². The Morgan fingerprint density at radius 2 is 1.77 bits per heavy atom. The van der Waals surface area contributed by atoms with E-state index in [1.165, 1.54) is 6.07 Å². The topological polar surface area (TPSA) is 57.5 Å². The zero-order chi connectivity index (χ0) is 27.1. The summed E-state index contributed by atoms with van der Waals surface area (Å²) in [5.74, 6) is -0.0307. The summed E-state index contributed by atoms with van der Waals surface area (Å²) in [5.41, 5.74) is 3.79. The van der Waals surface area contributed by atoms with E-state index in [9.17, 15) is 18.0 Å². The number of alkyl halides is 3. The monoisotopic (exact) mass is 534 g/mol. The number of carbonyl (C=O) groups is 1. The molecule has 1 saturated heterocycles. The molecule has 1 fully saturated rings. The molecule has 6 rings (SSSR count). The Hall–Kier alpha value is -4.08. The van der Waals surface area contributed by atoms with Gasteiger partial charge in [0.05, 0.1) is 11.9 Å². The predicted octanol–water partition coefficient (Wildman–Crippen LogP) is 4.75. The number of piperazine rings is 1. The summed E-state index contributed by atoms with van der Waals surface area (Å²) in [4.78, 5) is 28.0.